The number of hydrogen-bond acceptors (Lipinski definition) is 3. The summed E-state index contributed by atoms with van der Waals surface area (Å²) in [6.45, 7) is 2.15. The van der Waals surface area contributed by atoms with Gasteiger partial charge in [-0.25, -0.2) is 4.79 Å². The van der Waals surface area contributed by atoms with Crippen molar-refractivity contribution in [3.05, 3.63) is 34.5 Å². The number of benzene rings is 1. The van der Waals surface area contributed by atoms with Crippen molar-refractivity contribution in [3.8, 4) is 0 Å². The van der Waals surface area contributed by atoms with E-state index < -0.39 is 11.9 Å². The van der Waals surface area contributed by atoms with Gasteiger partial charge in [0.1, 0.15) is 12.2 Å². The third-order valence-corrected chi connectivity index (χ3v) is 4.62. The number of aliphatic carboxylic acids is 1. The summed E-state index contributed by atoms with van der Waals surface area (Å²) in [6.07, 6.45) is 2.88. The van der Waals surface area contributed by atoms with Crippen molar-refractivity contribution in [2.45, 2.75) is 39.2 Å². The summed E-state index contributed by atoms with van der Waals surface area (Å²) in [4.78, 5) is 35.3. The van der Waals surface area contributed by atoms with Crippen LogP contribution in [0.1, 0.15) is 51.7 Å². The number of fused-ring (bicyclic) bond motifs is 3. The second-order valence-corrected chi connectivity index (χ2v) is 6.21. The van der Waals surface area contributed by atoms with Crippen LogP contribution in [0.3, 0.4) is 0 Å². The molecular weight excluding hydrogens is 324 g/mol. The number of amides is 1. The minimum Gasteiger partial charge on any atom is -0.480 e. The van der Waals surface area contributed by atoms with E-state index in [-0.39, 0.29) is 18.0 Å². The van der Waals surface area contributed by atoms with E-state index >= 15 is 0 Å². The lowest BCUT2D eigenvalue weighted by Gasteiger charge is -2.15. The monoisotopic (exact) mass is 344 g/mol. The Morgan fingerprint density at radius 2 is 2.04 bits per heavy atom. The van der Waals surface area contributed by atoms with Gasteiger partial charge >= 0.3 is 11.9 Å². The van der Waals surface area contributed by atoms with Crippen molar-refractivity contribution in [2.24, 2.45) is 0 Å². The molecule has 132 valence electrons. The lowest BCUT2D eigenvalue weighted by Crippen LogP contribution is -2.33. The van der Waals surface area contributed by atoms with Crippen LogP contribution in [0.5, 0.6) is 0 Å². The van der Waals surface area contributed by atoms with Crippen LogP contribution >= 0.6 is 0 Å². The van der Waals surface area contributed by atoms with Gasteiger partial charge in [-0.15, -0.1) is 0 Å². The summed E-state index contributed by atoms with van der Waals surface area (Å²) in [6, 6.07) is 3.13. The summed E-state index contributed by atoms with van der Waals surface area (Å²) in [5.74, 6) is -2.36. The maximum Gasteiger partial charge on any atom is 0.335 e. The van der Waals surface area contributed by atoms with Crippen molar-refractivity contribution >= 4 is 28.7 Å². The van der Waals surface area contributed by atoms with Crippen LogP contribution in [0, 0.1) is 0 Å². The van der Waals surface area contributed by atoms with Gasteiger partial charge in [0.25, 0.3) is 5.91 Å². The maximum absolute atomic E-state index is 12.4. The highest BCUT2D eigenvalue weighted by Gasteiger charge is 2.29. The SMILES string of the molecule is CCCCc1c(C(=O)O)ccc2c1c1c(n2CC(=O)O)C(=O)NCC1. The zero-order valence-corrected chi connectivity index (χ0v) is 14.0. The Labute approximate surface area is 144 Å². The van der Waals surface area contributed by atoms with Gasteiger partial charge in [0, 0.05) is 17.4 Å². The van der Waals surface area contributed by atoms with E-state index in [1.807, 2.05) is 6.92 Å². The van der Waals surface area contributed by atoms with Gasteiger partial charge in [0.05, 0.1) is 5.56 Å². The van der Waals surface area contributed by atoms with Gasteiger partial charge in [-0.05, 0) is 42.5 Å². The first-order chi connectivity index (χ1) is 12.0. The Kier molecular flexibility index (Phi) is 4.48. The molecule has 1 amide bonds. The second-order valence-electron chi connectivity index (χ2n) is 6.21. The quantitative estimate of drug-likeness (QED) is 0.743. The Balaban J connectivity index is 2.37. The van der Waals surface area contributed by atoms with Gasteiger partial charge in [-0.1, -0.05) is 13.3 Å². The van der Waals surface area contributed by atoms with Crippen LogP contribution in [-0.2, 0) is 24.2 Å². The number of carbonyl (C=O) groups is 3. The molecule has 3 N–H and O–H groups in total. The summed E-state index contributed by atoms with van der Waals surface area (Å²) in [5, 5.41) is 22.3. The molecule has 3 rings (SSSR count). The summed E-state index contributed by atoms with van der Waals surface area (Å²) in [7, 11) is 0. The number of carbonyl (C=O) groups excluding carboxylic acids is 1. The number of aryl methyl sites for hydroxylation is 1. The smallest absolute Gasteiger partial charge is 0.335 e. The highest BCUT2D eigenvalue weighted by atomic mass is 16.4. The molecule has 1 aromatic heterocycles. The fraction of sp³-hybridized carbons (Fsp3) is 0.389. The number of nitrogens with zero attached hydrogens (tertiary/aromatic N) is 1. The topological polar surface area (TPSA) is 109 Å². The van der Waals surface area contributed by atoms with E-state index in [1.165, 1.54) is 10.6 Å². The number of nitrogens with one attached hydrogen (secondary N) is 1. The number of aromatic nitrogens is 1. The molecule has 7 nitrogen and oxygen atoms in total. The zero-order chi connectivity index (χ0) is 18.1. The van der Waals surface area contributed by atoms with Gasteiger partial charge in [-0.2, -0.15) is 0 Å². The molecule has 0 unspecified atom stereocenters. The lowest BCUT2D eigenvalue weighted by atomic mass is 9.93. The van der Waals surface area contributed by atoms with Gasteiger partial charge < -0.3 is 20.1 Å². The van der Waals surface area contributed by atoms with Crippen molar-refractivity contribution < 1.29 is 24.6 Å². The predicted octanol–water partition coefficient (Wildman–Crippen LogP) is 2.05. The minimum absolute atomic E-state index is 0.224. The van der Waals surface area contributed by atoms with E-state index in [0.29, 0.717) is 36.2 Å². The van der Waals surface area contributed by atoms with Gasteiger partial charge in [0.2, 0.25) is 0 Å². The average Bonchev–Trinajstić information content (AvgIpc) is 2.87. The van der Waals surface area contributed by atoms with Crippen molar-refractivity contribution in [3.63, 3.8) is 0 Å². The molecule has 1 aliphatic rings. The lowest BCUT2D eigenvalue weighted by molar-refractivity contribution is -0.137. The Bertz CT molecular complexity index is 881. The Morgan fingerprint density at radius 1 is 1.28 bits per heavy atom. The molecule has 0 bridgehead atoms. The number of rotatable bonds is 6. The maximum atomic E-state index is 12.4. The molecule has 1 aliphatic heterocycles. The van der Waals surface area contributed by atoms with Crippen molar-refractivity contribution in [2.75, 3.05) is 6.54 Å². The van der Waals surface area contributed by atoms with E-state index in [2.05, 4.69) is 5.32 Å². The highest BCUT2D eigenvalue weighted by Crippen LogP contribution is 2.34. The summed E-state index contributed by atoms with van der Waals surface area (Å²) >= 11 is 0. The molecule has 0 spiro atoms. The molecule has 0 saturated heterocycles. The predicted molar refractivity (Wildman–Crippen MR) is 91.2 cm³/mol. The Morgan fingerprint density at radius 3 is 2.68 bits per heavy atom. The fourth-order valence-electron chi connectivity index (χ4n) is 3.60. The van der Waals surface area contributed by atoms with E-state index in [9.17, 15) is 24.6 Å². The molecule has 0 radical (unpaired) electrons. The Hall–Kier alpha value is -2.83. The highest BCUT2D eigenvalue weighted by molar-refractivity contribution is 6.06. The molecule has 1 aromatic carbocycles. The summed E-state index contributed by atoms with van der Waals surface area (Å²) < 4.78 is 1.49. The first-order valence-electron chi connectivity index (χ1n) is 8.36. The average molecular weight is 344 g/mol. The molecule has 25 heavy (non-hydrogen) atoms. The fourth-order valence-corrected chi connectivity index (χ4v) is 3.60. The molecule has 2 heterocycles. The van der Waals surface area contributed by atoms with Crippen molar-refractivity contribution in [1.82, 2.24) is 9.88 Å². The number of unbranched alkanes of at least 4 members (excludes halogenated alkanes) is 1. The standard InChI is InChI=1S/C18H20N2O5/c1-2-3-4-10-11(18(24)25)5-6-13-15(10)12-7-8-19-17(23)16(12)20(13)9-14(21)22/h5-6H,2-4,7-9H2,1H3,(H,19,23)(H,21,22)(H,24,25). The third-order valence-electron chi connectivity index (χ3n) is 4.62. The van der Waals surface area contributed by atoms with E-state index in [1.54, 1.807) is 6.07 Å². The third kappa shape index (κ3) is 2.86. The van der Waals surface area contributed by atoms with Crippen LogP contribution in [-0.4, -0.2) is 39.2 Å². The largest absolute Gasteiger partial charge is 0.480 e. The molecule has 0 aliphatic carbocycles. The molecule has 0 saturated carbocycles. The van der Waals surface area contributed by atoms with E-state index in [0.717, 1.165) is 23.8 Å². The number of carboxylic acids is 2. The van der Waals surface area contributed by atoms with Crippen LogP contribution in [0.15, 0.2) is 12.1 Å². The molecule has 2 aromatic rings. The first-order valence-corrected chi connectivity index (χ1v) is 8.36. The number of carboxylic acid groups (broad SMARTS) is 2. The second kappa shape index (κ2) is 6.58. The first kappa shape index (κ1) is 17.0. The van der Waals surface area contributed by atoms with Crippen LogP contribution in [0.4, 0.5) is 0 Å². The molecule has 7 heteroatoms. The van der Waals surface area contributed by atoms with Gasteiger partial charge in [0.15, 0.2) is 0 Å². The summed E-state index contributed by atoms with van der Waals surface area (Å²) in [5.41, 5.74) is 2.63. The normalized spacial score (nSPS) is 13.6. The molecule has 0 atom stereocenters. The van der Waals surface area contributed by atoms with Crippen molar-refractivity contribution in [1.29, 1.82) is 0 Å². The minimum atomic E-state index is -1.05. The van der Waals surface area contributed by atoms with Crippen LogP contribution in [0.2, 0.25) is 0 Å². The van der Waals surface area contributed by atoms with Crippen LogP contribution in [0.25, 0.3) is 10.9 Å². The molecular formula is C18H20N2O5. The van der Waals surface area contributed by atoms with E-state index in [4.69, 9.17) is 0 Å². The van der Waals surface area contributed by atoms with Crippen LogP contribution < -0.4 is 5.32 Å². The molecule has 0 fully saturated rings. The zero-order valence-electron chi connectivity index (χ0n) is 14.0. The van der Waals surface area contributed by atoms with Gasteiger partial charge in [-0.3, -0.25) is 9.59 Å². The number of hydrogen-bond donors (Lipinski definition) is 3. The number of aromatic carboxylic acids is 1.